The molecule has 0 amide bonds. The van der Waals surface area contributed by atoms with Crippen LogP contribution in [0.1, 0.15) is 10.4 Å². The molecule has 0 N–H and O–H groups in total. The quantitative estimate of drug-likeness (QED) is 0.204. The fourth-order valence-corrected chi connectivity index (χ4v) is 2.20. The lowest BCUT2D eigenvalue weighted by molar-refractivity contribution is -0.275. The lowest BCUT2D eigenvalue weighted by Gasteiger charge is -2.11. The first-order chi connectivity index (χ1) is 13.8. The minimum Gasteiger partial charge on any atom is -0.491 e. The fourth-order valence-electron chi connectivity index (χ4n) is 2.20. The van der Waals surface area contributed by atoms with E-state index >= 15 is 0 Å². The molecule has 10 heteroatoms. The number of benzene rings is 2. The third kappa shape index (κ3) is 6.91. The normalized spacial score (nSPS) is 15.7. The third-order valence-corrected chi connectivity index (χ3v) is 3.63. The van der Waals surface area contributed by atoms with E-state index in [-0.39, 0.29) is 17.4 Å². The van der Waals surface area contributed by atoms with Crippen LogP contribution in [0.4, 0.5) is 17.6 Å². The summed E-state index contributed by atoms with van der Waals surface area (Å²) < 4.78 is 74.3. The van der Waals surface area contributed by atoms with Gasteiger partial charge in [-0.2, -0.15) is 0 Å². The van der Waals surface area contributed by atoms with E-state index < -0.39 is 23.9 Å². The maximum absolute atomic E-state index is 13.7. The Morgan fingerprint density at radius 1 is 1.07 bits per heavy atom. The van der Waals surface area contributed by atoms with Gasteiger partial charge in [0, 0.05) is 6.07 Å². The van der Waals surface area contributed by atoms with Gasteiger partial charge >= 0.3 is 12.3 Å². The predicted molar refractivity (Wildman–Crippen MR) is 90.5 cm³/mol. The van der Waals surface area contributed by atoms with Crippen molar-refractivity contribution < 1.29 is 46.0 Å². The van der Waals surface area contributed by atoms with Crippen molar-refractivity contribution in [1.29, 1.82) is 0 Å². The summed E-state index contributed by atoms with van der Waals surface area (Å²) in [7, 11) is 0. The summed E-state index contributed by atoms with van der Waals surface area (Å²) in [6, 6.07) is 8.31. The Labute approximate surface area is 162 Å². The number of alkyl halides is 3. The molecule has 2 aromatic carbocycles. The van der Waals surface area contributed by atoms with Gasteiger partial charge in [-0.15, -0.1) is 13.2 Å². The van der Waals surface area contributed by atoms with Gasteiger partial charge in [-0.25, -0.2) is 9.18 Å². The Morgan fingerprint density at radius 2 is 1.76 bits per heavy atom. The summed E-state index contributed by atoms with van der Waals surface area (Å²) in [6.45, 7) is 1.96. The van der Waals surface area contributed by atoms with Gasteiger partial charge in [0.2, 0.25) is 0 Å². The predicted octanol–water partition coefficient (Wildman–Crippen LogP) is 3.74. The number of hydrogen-bond donors (Lipinski definition) is 0. The fraction of sp³-hybridized carbons (Fsp3) is 0.316. The topological polar surface area (TPSA) is 66.5 Å². The van der Waals surface area contributed by atoms with Crippen LogP contribution in [-0.2, 0) is 9.47 Å². The minimum atomic E-state index is -5.03. The molecule has 0 aliphatic carbocycles. The Bertz CT molecular complexity index is 834. The van der Waals surface area contributed by atoms with E-state index in [9.17, 15) is 22.4 Å². The highest BCUT2D eigenvalue weighted by molar-refractivity contribution is 5.91. The number of esters is 1. The smallest absolute Gasteiger partial charge is 0.491 e. The lowest BCUT2D eigenvalue weighted by atomic mass is 10.2. The third-order valence-electron chi connectivity index (χ3n) is 3.63. The van der Waals surface area contributed by atoms with Gasteiger partial charge in [0.25, 0.3) is 0 Å². The Hall–Kier alpha value is -2.85. The second-order valence-electron chi connectivity index (χ2n) is 5.93. The van der Waals surface area contributed by atoms with Crippen LogP contribution < -0.4 is 14.2 Å². The van der Waals surface area contributed by atoms with Crippen molar-refractivity contribution in [2.45, 2.75) is 12.5 Å². The summed E-state index contributed by atoms with van der Waals surface area (Å²) >= 11 is 0. The molecule has 0 aromatic heterocycles. The molecule has 156 valence electrons. The monoisotopic (exact) mass is 416 g/mol. The number of hydrogen-bond acceptors (Lipinski definition) is 6. The molecule has 1 atom stereocenters. The molecule has 0 spiro atoms. The van der Waals surface area contributed by atoms with Crippen molar-refractivity contribution in [3.8, 4) is 17.2 Å². The summed E-state index contributed by atoms with van der Waals surface area (Å²) in [5, 5.41) is 0. The maximum atomic E-state index is 13.7. The average Bonchev–Trinajstić information content (AvgIpc) is 3.47. The SMILES string of the molecule is O=C(Oc1ccc(OC(F)(F)F)c(F)c1)c1ccc(OCCOCC2CO2)cc1. The van der Waals surface area contributed by atoms with Crippen molar-refractivity contribution >= 4 is 5.97 Å². The van der Waals surface area contributed by atoms with Crippen LogP contribution in [0, 0.1) is 5.82 Å². The van der Waals surface area contributed by atoms with Crippen LogP contribution in [0.5, 0.6) is 17.2 Å². The number of rotatable bonds is 9. The van der Waals surface area contributed by atoms with Crippen LogP contribution in [0.2, 0.25) is 0 Å². The van der Waals surface area contributed by atoms with E-state index in [1.807, 2.05) is 0 Å². The minimum absolute atomic E-state index is 0.149. The van der Waals surface area contributed by atoms with Gasteiger partial charge in [-0.3, -0.25) is 0 Å². The van der Waals surface area contributed by atoms with E-state index in [1.165, 1.54) is 12.1 Å². The van der Waals surface area contributed by atoms with E-state index in [2.05, 4.69) is 4.74 Å². The molecule has 1 saturated heterocycles. The Kier molecular flexibility index (Phi) is 6.55. The molecule has 0 bridgehead atoms. The van der Waals surface area contributed by atoms with Gasteiger partial charge in [0.15, 0.2) is 11.6 Å². The molecule has 6 nitrogen and oxygen atoms in total. The standard InChI is InChI=1S/C19H16F4O6/c20-16-9-14(5-6-17(16)29-19(21,22)23)28-18(24)12-1-3-13(4-2-12)26-8-7-25-10-15-11-27-15/h1-6,9,15H,7-8,10-11H2. The van der Waals surface area contributed by atoms with Crippen LogP contribution in [-0.4, -0.2) is 44.9 Å². The number of epoxide rings is 1. The van der Waals surface area contributed by atoms with Crippen molar-refractivity contribution in [3.63, 3.8) is 0 Å². The average molecular weight is 416 g/mol. The van der Waals surface area contributed by atoms with E-state index in [0.717, 1.165) is 18.7 Å². The van der Waals surface area contributed by atoms with Gasteiger partial charge < -0.3 is 23.7 Å². The number of halogens is 4. The highest BCUT2D eigenvalue weighted by Gasteiger charge is 2.32. The van der Waals surface area contributed by atoms with Crippen molar-refractivity contribution in [1.82, 2.24) is 0 Å². The summed E-state index contributed by atoms with van der Waals surface area (Å²) in [6.07, 6.45) is -4.84. The molecule has 1 heterocycles. The second-order valence-corrected chi connectivity index (χ2v) is 5.93. The highest BCUT2D eigenvalue weighted by atomic mass is 19.4. The van der Waals surface area contributed by atoms with E-state index in [0.29, 0.717) is 31.6 Å². The zero-order valence-corrected chi connectivity index (χ0v) is 14.9. The molecule has 1 aliphatic rings. The molecule has 29 heavy (non-hydrogen) atoms. The largest absolute Gasteiger partial charge is 0.573 e. The van der Waals surface area contributed by atoms with Gasteiger partial charge in [0.1, 0.15) is 24.2 Å². The van der Waals surface area contributed by atoms with Crippen molar-refractivity contribution in [3.05, 3.63) is 53.8 Å². The zero-order chi connectivity index (χ0) is 20.9. The first-order valence-electron chi connectivity index (χ1n) is 8.50. The second kappa shape index (κ2) is 9.10. The Morgan fingerprint density at radius 3 is 2.38 bits per heavy atom. The summed E-state index contributed by atoms with van der Waals surface area (Å²) in [5.74, 6) is -2.90. The molecule has 1 unspecified atom stereocenters. The molecule has 1 fully saturated rings. The van der Waals surface area contributed by atoms with E-state index in [4.69, 9.17) is 18.9 Å². The van der Waals surface area contributed by atoms with Crippen molar-refractivity contribution in [2.24, 2.45) is 0 Å². The molecular formula is C19H16F4O6. The molecule has 0 radical (unpaired) electrons. The van der Waals surface area contributed by atoms with Crippen LogP contribution in [0.25, 0.3) is 0 Å². The molecule has 3 rings (SSSR count). The number of carbonyl (C=O) groups is 1. The molecule has 2 aromatic rings. The van der Waals surface area contributed by atoms with Crippen LogP contribution >= 0.6 is 0 Å². The maximum Gasteiger partial charge on any atom is 0.573 e. The Balaban J connectivity index is 1.49. The zero-order valence-electron chi connectivity index (χ0n) is 14.9. The number of ether oxygens (including phenoxy) is 5. The van der Waals surface area contributed by atoms with Gasteiger partial charge in [0.05, 0.1) is 25.4 Å². The molecular weight excluding hydrogens is 400 g/mol. The summed E-state index contributed by atoms with van der Waals surface area (Å²) in [4.78, 5) is 12.1. The number of carbonyl (C=O) groups excluding carboxylic acids is 1. The van der Waals surface area contributed by atoms with Gasteiger partial charge in [-0.1, -0.05) is 0 Å². The summed E-state index contributed by atoms with van der Waals surface area (Å²) in [5.41, 5.74) is 0.149. The van der Waals surface area contributed by atoms with Crippen molar-refractivity contribution in [2.75, 3.05) is 26.4 Å². The first-order valence-corrected chi connectivity index (χ1v) is 8.50. The molecule has 1 aliphatic heterocycles. The van der Waals surface area contributed by atoms with E-state index in [1.54, 1.807) is 12.1 Å². The van der Waals surface area contributed by atoms with Crippen LogP contribution in [0.15, 0.2) is 42.5 Å². The van der Waals surface area contributed by atoms with Crippen LogP contribution in [0.3, 0.4) is 0 Å². The first kappa shape index (κ1) is 20.9. The lowest BCUT2D eigenvalue weighted by Crippen LogP contribution is -2.18. The van der Waals surface area contributed by atoms with Gasteiger partial charge in [-0.05, 0) is 36.4 Å². The highest BCUT2D eigenvalue weighted by Crippen LogP contribution is 2.28. The molecule has 0 saturated carbocycles.